The van der Waals surface area contributed by atoms with E-state index in [-0.39, 0.29) is 0 Å². The van der Waals surface area contributed by atoms with Crippen molar-refractivity contribution in [1.29, 1.82) is 0 Å². The molecule has 3 nitrogen and oxygen atoms in total. The molecule has 0 atom stereocenters. The number of carboxylic acid groups (broad SMARTS) is 1. The minimum absolute atomic E-state index is 0.339. The smallest absolute Gasteiger partial charge is 0.353 e. The summed E-state index contributed by atoms with van der Waals surface area (Å²) < 4.78 is 1.66. The lowest BCUT2D eigenvalue weighted by Gasteiger charge is -2.05. The van der Waals surface area contributed by atoms with Crippen molar-refractivity contribution in [3.8, 4) is 11.1 Å². The van der Waals surface area contributed by atoms with Crippen LogP contribution in [0.1, 0.15) is 21.6 Å². The van der Waals surface area contributed by atoms with Crippen LogP contribution in [0, 0.1) is 13.8 Å². The molecule has 0 amide bonds. The first-order chi connectivity index (χ1) is 8.00. The summed E-state index contributed by atoms with van der Waals surface area (Å²) in [5, 5.41) is 9.25. The molecule has 0 unspecified atom stereocenters. The van der Waals surface area contributed by atoms with Gasteiger partial charge in [-0.15, -0.1) is 0 Å². The SMILES string of the molecule is Cc1ccc(-c2c(C)cn(C)c2C(=O)O)cc1. The maximum Gasteiger partial charge on any atom is 0.353 e. The number of carboxylic acids is 1. The molecule has 0 saturated heterocycles. The van der Waals surface area contributed by atoms with Gasteiger partial charge in [0, 0.05) is 18.8 Å². The van der Waals surface area contributed by atoms with Crippen molar-refractivity contribution in [2.24, 2.45) is 7.05 Å². The average Bonchev–Trinajstić information content (AvgIpc) is 2.55. The lowest BCUT2D eigenvalue weighted by atomic mass is 10.0. The number of hydrogen-bond acceptors (Lipinski definition) is 1. The van der Waals surface area contributed by atoms with Gasteiger partial charge >= 0.3 is 5.97 Å². The van der Waals surface area contributed by atoms with Crippen LogP contribution in [-0.4, -0.2) is 15.6 Å². The van der Waals surface area contributed by atoms with Crippen LogP contribution in [-0.2, 0) is 7.05 Å². The van der Waals surface area contributed by atoms with Crippen molar-refractivity contribution in [2.75, 3.05) is 0 Å². The Morgan fingerprint density at radius 1 is 1.18 bits per heavy atom. The second-order valence-corrected chi connectivity index (χ2v) is 4.32. The van der Waals surface area contributed by atoms with Gasteiger partial charge in [0.15, 0.2) is 0 Å². The van der Waals surface area contributed by atoms with Crippen molar-refractivity contribution in [1.82, 2.24) is 4.57 Å². The highest BCUT2D eigenvalue weighted by Gasteiger charge is 2.18. The normalized spacial score (nSPS) is 10.5. The fourth-order valence-electron chi connectivity index (χ4n) is 2.13. The molecule has 0 aliphatic rings. The van der Waals surface area contributed by atoms with Crippen molar-refractivity contribution < 1.29 is 9.90 Å². The summed E-state index contributed by atoms with van der Waals surface area (Å²) in [7, 11) is 1.76. The van der Waals surface area contributed by atoms with Crippen LogP contribution in [0.2, 0.25) is 0 Å². The van der Waals surface area contributed by atoms with E-state index in [1.54, 1.807) is 11.6 Å². The molecule has 0 aliphatic heterocycles. The Morgan fingerprint density at radius 2 is 1.76 bits per heavy atom. The molecule has 2 aromatic rings. The minimum Gasteiger partial charge on any atom is -0.477 e. The van der Waals surface area contributed by atoms with Crippen LogP contribution in [0.4, 0.5) is 0 Å². The minimum atomic E-state index is -0.892. The van der Waals surface area contributed by atoms with E-state index in [4.69, 9.17) is 0 Å². The molecule has 88 valence electrons. The van der Waals surface area contributed by atoms with Gasteiger partial charge in [0.05, 0.1) is 0 Å². The first-order valence-electron chi connectivity index (χ1n) is 5.47. The van der Waals surface area contributed by atoms with Crippen molar-refractivity contribution in [3.63, 3.8) is 0 Å². The summed E-state index contributed by atoms with van der Waals surface area (Å²) >= 11 is 0. The highest BCUT2D eigenvalue weighted by molar-refractivity contribution is 5.95. The third-order valence-electron chi connectivity index (χ3n) is 2.91. The number of aromatic carboxylic acids is 1. The Bertz CT molecular complexity index is 565. The molecule has 1 heterocycles. The zero-order valence-electron chi connectivity index (χ0n) is 10.2. The number of carbonyl (C=O) groups is 1. The van der Waals surface area contributed by atoms with Crippen LogP contribution < -0.4 is 0 Å². The van der Waals surface area contributed by atoms with Gasteiger partial charge in [-0.05, 0) is 25.0 Å². The molecule has 0 aliphatic carbocycles. The molecular weight excluding hydrogens is 214 g/mol. The molecule has 0 saturated carbocycles. The average molecular weight is 229 g/mol. The van der Waals surface area contributed by atoms with Gasteiger partial charge in [-0.3, -0.25) is 0 Å². The Labute approximate surface area is 100 Å². The van der Waals surface area contributed by atoms with Crippen LogP contribution >= 0.6 is 0 Å². The summed E-state index contributed by atoms with van der Waals surface area (Å²) in [4.78, 5) is 11.3. The molecule has 1 aromatic carbocycles. The zero-order valence-corrected chi connectivity index (χ0v) is 10.2. The summed E-state index contributed by atoms with van der Waals surface area (Å²) in [6, 6.07) is 7.91. The van der Waals surface area contributed by atoms with Gasteiger partial charge < -0.3 is 9.67 Å². The van der Waals surface area contributed by atoms with Crippen LogP contribution in [0.3, 0.4) is 0 Å². The van der Waals surface area contributed by atoms with E-state index < -0.39 is 5.97 Å². The quantitative estimate of drug-likeness (QED) is 0.860. The lowest BCUT2D eigenvalue weighted by Crippen LogP contribution is -2.05. The maximum atomic E-state index is 11.3. The first-order valence-corrected chi connectivity index (χ1v) is 5.47. The van der Waals surface area contributed by atoms with E-state index in [0.717, 1.165) is 16.7 Å². The predicted molar refractivity (Wildman–Crippen MR) is 67.3 cm³/mol. The maximum absolute atomic E-state index is 11.3. The third kappa shape index (κ3) is 1.96. The van der Waals surface area contributed by atoms with E-state index in [1.165, 1.54) is 5.56 Å². The Hall–Kier alpha value is -2.03. The van der Waals surface area contributed by atoms with Gasteiger partial charge in [0.1, 0.15) is 5.69 Å². The standard InChI is InChI=1S/C14H15NO2/c1-9-4-6-11(7-5-9)12-10(2)8-15(3)13(12)14(16)17/h4-8H,1-3H3,(H,16,17). The summed E-state index contributed by atoms with van der Waals surface area (Å²) in [6.45, 7) is 3.95. The first kappa shape index (κ1) is 11.5. The highest BCUT2D eigenvalue weighted by Crippen LogP contribution is 2.28. The van der Waals surface area contributed by atoms with Crippen molar-refractivity contribution >= 4 is 5.97 Å². The number of hydrogen-bond donors (Lipinski definition) is 1. The molecule has 3 heteroatoms. The Balaban J connectivity index is 2.66. The number of rotatable bonds is 2. The van der Waals surface area contributed by atoms with Crippen molar-refractivity contribution in [2.45, 2.75) is 13.8 Å². The summed E-state index contributed by atoms with van der Waals surface area (Å²) in [5.74, 6) is -0.892. The molecule has 1 aromatic heterocycles. The number of aryl methyl sites for hydroxylation is 3. The molecule has 0 radical (unpaired) electrons. The van der Waals surface area contributed by atoms with E-state index in [9.17, 15) is 9.90 Å². The van der Waals surface area contributed by atoms with Gasteiger partial charge in [-0.2, -0.15) is 0 Å². The van der Waals surface area contributed by atoms with E-state index in [1.807, 2.05) is 44.3 Å². The number of nitrogens with zero attached hydrogens (tertiary/aromatic N) is 1. The van der Waals surface area contributed by atoms with Gasteiger partial charge in [-0.25, -0.2) is 4.79 Å². The van der Waals surface area contributed by atoms with Gasteiger partial charge in [-0.1, -0.05) is 29.8 Å². The van der Waals surface area contributed by atoms with Gasteiger partial charge in [0.2, 0.25) is 0 Å². The van der Waals surface area contributed by atoms with Crippen LogP contribution in [0.25, 0.3) is 11.1 Å². The molecule has 2 rings (SSSR count). The topological polar surface area (TPSA) is 42.2 Å². The lowest BCUT2D eigenvalue weighted by molar-refractivity contribution is 0.0687. The zero-order chi connectivity index (χ0) is 12.6. The Morgan fingerprint density at radius 3 is 2.29 bits per heavy atom. The largest absolute Gasteiger partial charge is 0.477 e. The van der Waals surface area contributed by atoms with Gasteiger partial charge in [0.25, 0.3) is 0 Å². The molecule has 0 fully saturated rings. The predicted octanol–water partition coefficient (Wildman–Crippen LogP) is 3.01. The van der Waals surface area contributed by atoms with E-state index in [0.29, 0.717) is 5.69 Å². The molecule has 0 bridgehead atoms. The van der Waals surface area contributed by atoms with E-state index in [2.05, 4.69) is 0 Å². The molecule has 0 spiro atoms. The highest BCUT2D eigenvalue weighted by atomic mass is 16.4. The van der Waals surface area contributed by atoms with Crippen LogP contribution in [0.5, 0.6) is 0 Å². The molecular formula is C14H15NO2. The monoisotopic (exact) mass is 229 g/mol. The fraction of sp³-hybridized carbons (Fsp3) is 0.214. The summed E-state index contributed by atoms with van der Waals surface area (Å²) in [5.41, 5.74) is 4.24. The molecule has 17 heavy (non-hydrogen) atoms. The van der Waals surface area contributed by atoms with Crippen LogP contribution in [0.15, 0.2) is 30.5 Å². The number of aromatic nitrogens is 1. The van der Waals surface area contributed by atoms with E-state index >= 15 is 0 Å². The number of benzene rings is 1. The third-order valence-corrected chi connectivity index (χ3v) is 2.91. The van der Waals surface area contributed by atoms with Crippen molar-refractivity contribution in [3.05, 3.63) is 47.3 Å². The Kier molecular flexibility index (Phi) is 2.76. The second kappa shape index (κ2) is 4.09. The fourth-order valence-corrected chi connectivity index (χ4v) is 2.13. The summed E-state index contributed by atoms with van der Waals surface area (Å²) in [6.07, 6.45) is 1.85. The molecule has 1 N–H and O–H groups in total. The second-order valence-electron chi connectivity index (χ2n) is 4.32.